The maximum atomic E-state index is 12.9. The van der Waals surface area contributed by atoms with E-state index in [1.54, 1.807) is 31.2 Å². The molecule has 7 heteroatoms. The predicted molar refractivity (Wildman–Crippen MR) is 114 cm³/mol. The van der Waals surface area contributed by atoms with Crippen LogP contribution in [0.2, 0.25) is 0 Å². The van der Waals surface area contributed by atoms with Crippen LogP contribution < -0.4 is 4.74 Å². The average Bonchev–Trinajstić information content (AvgIpc) is 2.73. The van der Waals surface area contributed by atoms with Gasteiger partial charge in [-0.3, -0.25) is 4.79 Å². The second kappa shape index (κ2) is 9.10. The minimum atomic E-state index is -3.60. The predicted octanol–water partition coefficient (Wildman–Crippen LogP) is 4.17. The number of benzene rings is 2. The Bertz CT molecular complexity index is 1000. The van der Waals surface area contributed by atoms with Crippen molar-refractivity contribution in [2.45, 2.75) is 38.5 Å². The van der Waals surface area contributed by atoms with Crippen LogP contribution >= 0.6 is 0 Å². The zero-order chi connectivity index (χ0) is 21.9. The lowest BCUT2D eigenvalue weighted by atomic mass is 9.94. The van der Waals surface area contributed by atoms with Crippen molar-refractivity contribution in [3.05, 3.63) is 59.7 Å². The molecular formula is C23H27NO5S. The summed E-state index contributed by atoms with van der Waals surface area (Å²) in [5.41, 5.74) is 0.816. The Morgan fingerprint density at radius 2 is 1.47 bits per heavy atom. The lowest BCUT2D eigenvalue weighted by molar-refractivity contribution is 0.0734. The van der Waals surface area contributed by atoms with Gasteiger partial charge in [0.05, 0.1) is 10.5 Å². The molecular weight excluding hydrogens is 402 g/mol. The number of hydrogen-bond donors (Lipinski definition) is 0. The normalized spacial score (nSPS) is 20.0. The summed E-state index contributed by atoms with van der Waals surface area (Å²) in [6, 6.07) is 12.2. The lowest BCUT2D eigenvalue weighted by Gasteiger charge is -2.34. The van der Waals surface area contributed by atoms with Gasteiger partial charge in [-0.05, 0) is 66.8 Å². The summed E-state index contributed by atoms with van der Waals surface area (Å²) in [6.45, 7) is 6.91. The van der Waals surface area contributed by atoms with Crippen LogP contribution in [-0.4, -0.2) is 37.6 Å². The number of carbonyl (C=O) groups excluding carboxylic acids is 2. The Kier molecular flexibility index (Phi) is 6.73. The van der Waals surface area contributed by atoms with Gasteiger partial charge in [-0.25, -0.2) is 13.2 Å². The number of esters is 1. The Hall–Kier alpha value is -2.51. The van der Waals surface area contributed by atoms with E-state index in [-0.39, 0.29) is 16.2 Å². The van der Waals surface area contributed by atoms with Crippen molar-refractivity contribution in [3.63, 3.8) is 0 Å². The summed E-state index contributed by atoms with van der Waals surface area (Å²) in [5, 5.41) is 0. The fraction of sp³-hybridized carbons (Fsp3) is 0.391. The van der Waals surface area contributed by atoms with Crippen molar-refractivity contribution in [2.75, 3.05) is 13.1 Å². The fourth-order valence-electron chi connectivity index (χ4n) is 3.79. The largest absolute Gasteiger partial charge is 0.423 e. The van der Waals surface area contributed by atoms with E-state index in [1.807, 2.05) is 0 Å². The van der Waals surface area contributed by atoms with Crippen LogP contribution in [0.5, 0.6) is 5.75 Å². The van der Waals surface area contributed by atoms with Crippen molar-refractivity contribution in [3.8, 4) is 5.75 Å². The first kappa shape index (κ1) is 22.2. The van der Waals surface area contributed by atoms with Gasteiger partial charge in [0.25, 0.3) is 0 Å². The molecule has 1 aliphatic rings. The van der Waals surface area contributed by atoms with E-state index < -0.39 is 16.0 Å². The first-order valence-corrected chi connectivity index (χ1v) is 11.6. The van der Waals surface area contributed by atoms with E-state index in [9.17, 15) is 18.0 Å². The minimum Gasteiger partial charge on any atom is -0.423 e. The summed E-state index contributed by atoms with van der Waals surface area (Å²) in [4.78, 5) is 24.2. The molecule has 0 radical (unpaired) electrons. The molecule has 1 heterocycles. The number of carbonyl (C=O) groups is 2. The summed E-state index contributed by atoms with van der Waals surface area (Å²) in [7, 11) is -3.60. The zero-order valence-corrected chi connectivity index (χ0v) is 18.3. The maximum Gasteiger partial charge on any atom is 0.343 e. The van der Waals surface area contributed by atoms with Gasteiger partial charge in [-0.15, -0.1) is 0 Å². The lowest BCUT2D eigenvalue weighted by Crippen LogP contribution is -2.42. The Labute approximate surface area is 177 Å². The molecule has 0 N–H and O–H groups in total. The average molecular weight is 430 g/mol. The Morgan fingerprint density at radius 3 is 2.00 bits per heavy atom. The van der Waals surface area contributed by atoms with Gasteiger partial charge in [-0.2, -0.15) is 4.31 Å². The highest BCUT2D eigenvalue weighted by atomic mass is 32.2. The first-order valence-electron chi connectivity index (χ1n) is 10.2. The first-order chi connectivity index (χ1) is 14.2. The van der Waals surface area contributed by atoms with Crippen LogP contribution in [0.3, 0.4) is 0 Å². The number of sulfonamides is 1. The van der Waals surface area contributed by atoms with E-state index in [0.29, 0.717) is 42.7 Å². The monoisotopic (exact) mass is 429 g/mol. The van der Waals surface area contributed by atoms with Crippen molar-refractivity contribution in [1.29, 1.82) is 0 Å². The summed E-state index contributed by atoms with van der Waals surface area (Å²) >= 11 is 0. The van der Waals surface area contributed by atoms with E-state index in [0.717, 1.165) is 6.42 Å². The Balaban J connectivity index is 1.70. The van der Waals surface area contributed by atoms with E-state index in [1.165, 1.54) is 28.6 Å². The number of ketones is 1. The van der Waals surface area contributed by atoms with Gasteiger partial charge in [-0.1, -0.05) is 20.8 Å². The van der Waals surface area contributed by atoms with Gasteiger partial charge in [0.1, 0.15) is 5.75 Å². The van der Waals surface area contributed by atoms with Gasteiger partial charge < -0.3 is 4.74 Å². The van der Waals surface area contributed by atoms with Crippen LogP contribution in [-0.2, 0) is 10.0 Å². The zero-order valence-electron chi connectivity index (χ0n) is 17.5. The molecule has 2 atom stereocenters. The van der Waals surface area contributed by atoms with Crippen molar-refractivity contribution >= 4 is 21.8 Å². The summed E-state index contributed by atoms with van der Waals surface area (Å²) in [6.07, 6.45) is 1.42. The van der Waals surface area contributed by atoms with Gasteiger partial charge >= 0.3 is 5.97 Å². The number of rotatable bonds is 6. The maximum absolute atomic E-state index is 12.9. The smallest absolute Gasteiger partial charge is 0.343 e. The van der Waals surface area contributed by atoms with Crippen molar-refractivity contribution in [1.82, 2.24) is 4.31 Å². The quantitative estimate of drug-likeness (QED) is 0.391. The molecule has 30 heavy (non-hydrogen) atoms. The molecule has 0 aromatic heterocycles. The van der Waals surface area contributed by atoms with E-state index in [2.05, 4.69) is 13.8 Å². The molecule has 1 fully saturated rings. The molecule has 0 spiro atoms. The number of hydrogen-bond acceptors (Lipinski definition) is 5. The van der Waals surface area contributed by atoms with Gasteiger partial charge in [0.15, 0.2) is 5.78 Å². The summed E-state index contributed by atoms with van der Waals surface area (Å²) < 4.78 is 32.7. The second-order valence-electron chi connectivity index (χ2n) is 7.98. The highest BCUT2D eigenvalue weighted by Gasteiger charge is 2.31. The van der Waals surface area contributed by atoms with Gasteiger partial charge in [0, 0.05) is 25.1 Å². The molecule has 1 saturated heterocycles. The SMILES string of the molecule is CCC(=O)c1ccc(OC(=O)c2ccc(S(=O)(=O)N3C[C@H](C)C[C@H](C)C3)cc2)cc1. The molecule has 160 valence electrons. The van der Waals surface area contributed by atoms with Crippen molar-refractivity contribution < 1.29 is 22.7 Å². The minimum absolute atomic E-state index is 0.0159. The number of nitrogens with zero attached hydrogens (tertiary/aromatic N) is 1. The number of ether oxygens (including phenoxy) is 1. The number of Topliss-reactive ketones (excluding diaryl/α,β-unsaturated/α-hetero) is 1. The van der Waals surface area contributed by atoms with E-state index >= 15 is 0 Å². The third-order valence-corrected chi connectivity index (χ3v) is 7.12. The van der Waals surface area contributed by atoms with Crippen LogP contribution in [0.1, 0.15) is 54.3 Å². The van der Waals surface area contributed by atoms with Crippen LogP contribution in [0, 0.1) is 11.8 Å². The molecule has 0 bridgehead atoms. The molecule has 6 nitrogen and oxygen atoms in total. The second-order valence-corrected chi connectivity index (χ2v) is 9.92. The molecule has 3 rings (SSSR count). The topological polar surface area (TPSA) is 80.8 Å². The standard InChI is InChI=1S/C23H27NO5S/c1-4-22(25)18-5-9-20(10-6-18)29-23(26)19-7-11-21(12-8-19)30(27,28)24-14-16(2)13-17(3)15-24/h5-12,16-17H,4,13-15H2,1-3H3/t16-,17+. The van der Waals surface area contributed by atoms with Crippen molar-refractivity contribution in [2.24, 2.45) is 11.8 Å². The molecule has 0 aliphatic carbocycles. The third kappa shape index (κ3) is 4.96. The van der Waals surface area contributed by atoms with Crippen LogP contribution in [0.25, 0.3) is 0 Å². The molecule has 1 aliphatic heterocycles. The highest BCUT2D eigenvalue weighted by Crippen LogP contribution is 2.27. The van der Waals surface area contributed by atoms with Gasteiger partial charge in [0.2, 0.25) is 10.0 Å². The molecule has 2 aromatic carbocycles. The number of piperidine rings is 1. The molecule has 0 saturated carbocycles. The van der Waals surface area contributed by atoms with Crippen LogP contribution in [0.4, 0.5) is 0 Å². The summed E-state index contributed by atoms with van der Waals surface area (Å²) in [5.74, 6) is 0.380. The molecule has 0 unspecified atom stereocenters. The molecule has 2 aromatic rings. The van der Waals surface area contributed by atoms with Crippen LogP contribution in [0.15, 0.2) is 53.4 Å². The molecule has 0 amide bonds. The third-order valence-electron chi connectivity index (χ3n) is 5.27. The van der Waals surface area contributed by atoms with E-state index in [4.69, 9.17) is 4.74 Å². The fourth-order valence-corrected chi connectivity index (χ4v) is 5.47. The Morgan fingerprint density at radius 1 is 0.933 bits per heavy atom. The highest BCUT2D eigenvalue weighted by molar-refractivity contribution is 7.89.